The first-order valence-electron chi connectivity index (χ1n) is 4.23. The molecule has 2 nitrogen and oxygen atoms in total. The summed E-state index contributed by atoms with van der Waals surface area (Å²) in [7, 11) is 0. The van der Waals surface area contributed by atoms with E-state index in [1.165, 1.54) is 0 Å². The average Bonchev–Trinajstić information content (AvgIpc) is 2.67. The number of benzene rings is 1. The normalized spacial score (nSPS) is 10.3. The highest BCUT2D eigenvalue weighted by atomic mass is 79.9. The van der Waals surface area contributed by atoms with Crippen LogP contribution in [0.3, 0.4) is 0 Å². The van der Waals surface area contributed by atoms with E-state index in [-0.39, 0.29) is 5.76 Å². The van der Waals surface area contributed by atoms with Crippen LogP contribution in [-0.4, -0.2) is 5.24 Å². The molecular formula is C11H6BrClO2. The van der Waals surface area contributed by atoms with Gasteiger partial charge in [-0.1, -0.05) is 34.1 Å². The van der Waals surface area contributed by atoms with Gasteiger partial charge in [-0.25, -0.2) is 0 Å². The van der Waals surface area contributed by atoms with Crippen molar-refractivity contribution in [3.8, 4) is 11.3 Å². The van der Waals surface area contributed by atoms with Gasteiger partial charge >= 0.3 is 0 Å². The Morgan fingerprint density at radius 2 is 1.93 bits per heavy atom. The van der Waals surface area contributed by atoms with Gasteiger partial charge in [-0.2, -0.15) is 0 Å². The Morgan fingerprint density at radius 1 is 1.20 bits per heavy atom. The van der Waals surface area contributed by atoms with Crippen LogP contribution in [0.4, 0.5) is 0 Å². The Kier molecular flexibility index (Phi) is 2.93. The molecule has 76 valence electrons. The van der Waals surface area contributed by atoms with E-state index in [1.54, 1.807) is 12.1 Å². The zero-order valence-electron chi connectivity index (χ0n) is 7.54. The van der Waals surface area contributed by atoms with Crippen molar-refractivity contribution in [2.75, 3.05) is 0 Å². The van der Waals surface area contributed by atoms with E-state index in [2.05, 4.69) is 15.9 Å². The quantitative estimate of drug-likeness (QED) is 0.778. The maximum atomic E-state index is 10.8. The third-order valence-corrected chi connectivity index (χ3v) is 2.82. The van der Waals surface area contributed by atoms with Crippen LogP contribution < -0.4 is 0 Å². The molecule has 0 unspecified atom stereocenters. The molecule has 0 N–H and O–H groups in total. The highest BCUT2D eigenvalue weighted by Crippen LogP contribution is 2.29. The summed E-state index contributed by atoms with van der Waals surface area (Å²) in [6.45, 7) is 0. The van der Waals surface area contributed by atoms with Gasteiger partial charge in [-0.05, 0) is 29.8 Å². The standard InChI is InChI=1S/C11H6BrClO2/c12-8-4-2-1-3-7(8)9-5-6-10(15-9)11(13)14/h1-6H. The van der Waals surface area contributed by atoms with E-state index in [9.17, 15) is 4.79 Å². The fourth-order valence-electron chi connectivity index (χ4n) is 1.25. The Morgan fingerprint density at radius 3 is 2.53 bits per heavy atom. The summed E-state index contributed by atoms with van der Waals surface area (Å²) in [6.07, 6.45) is 0. The van der Waals surface area contributed by atoms with Crippen molar-refractivity contribution in [3.63, 3.8) is 0 Å². The molecule has 0 aliphatic heterocycles. The van der Waals surface area contributed by atoms with Gasteiger partial charge in [-0.3, -0.25) is 4.79 Å². The number of carbonyl (C=O) groups excluding carboxylic acids is 1. The number of furan rings is 1. The van der Waals surface area contributed by atoms with E-state index in [0.717, 1.165) is 10.0 Å². The van der Waals surface area contributed by atoms with Gasteiger partial charge in [0, 0.05) is 10.0 Å². The molecule has 2 rings (SSSR count). The summed E-state index contributed by atoms with van der Waals surface area (Å²) in [6, 6.07) is 10.9. The third kappa shape index (κ3) is 2.13. The van der Waals surface area contributed by atoms with Crippen molar-refractivity contribution in [2.24, 2.45) is 0 Å². The predicted molar refractivity (Wildman–Crippen MR) is 62.0 cm³/mol. The van der Waals surface area contributed by atoms with Gasteiger partial charge in [0.2, 0.25) is 0 Å². The molecule has 0 aliphatic rings. The van der Waals surface area contributed by atoms with Crippen molar-refractivity contribution in [2.45, 2.75) is 0 Å². The first kappa shape index (κ1) is 10.5. The molecule has 4 heteroatoms. The lowest BCUT2D eigenvalue weighted by Crippen LogP contribution is -1.82. The van der Waals surface area contributed by atoms with E-state index in [1.807, 2.05) is 24.3 Å². The lowest BCUT2D eigenvalue weighted by molar-refractivity contribution is 0.105. The van der Waals surface area contributed by atoms with Crippen LogP contribution in [0.25, 0.3) is 11.3 Å². The van der Waals surface area contributed by atoms with Gasteiger partial charge in [0.05, 0.1) is 0 Å². The summed E-state index contributed by atoms with van der Waals surface area (Å²) in [4.78, 5) is 10.8. The zero-order chi connectivity index (χ0) is 10.8. The lowest BCUT2D eigenvalue weighted by atomic mass is 10.2. The summed E-state index contributed by atoms with van der Waals surface area (Å²) >= 11 is 8.70. The maximum absolute atomic E-state index is 10.8. The SMILES string of the molecule is O=C(Cl)c1ccc(-c2ccccc2Br)o1. The molecule has 0 aliphatic carbocycles. The minimum absolute atomic E-state index is 0.155. The second-order valence-electron chi connectivity index (χ2n) is 2.92. The molecular weight excluding hydrogens is 279 g/mol. The van der Waals surface area contributed by atoms with Crippen LogP contribution in [0.5, 0.6) is 0 Å². The molecule has 1 heterocycles. The Hall–Kier alpha value is -1.06. The molecule has 1 aromatic carbocycles. The van der Waals surface area contributed by atoms with E-state index in [0.29, 0.717) is 5.76 Å². The van der Waals surface area contributed by atoms with Crippen LogP contribution in [-0.2, 0) is 0 Å². The van der Waals surface area contributed by atoms with Crippen molar-refractivity contribution in [3.05, 3.63) is 46.6 Å². The highest BCUT2D eigenvalue weighted by Gasteiger charge is 2.10. The molecule has 0 amide bonds. The Labute approximate surface area is 100.0 Å². The topological polar surface area (TPSA) is 30.2 Å². The largest absolute Gasteiger partial charge is 0.452 e. The molecule has 15 heavy (non-hydrogen) atoms. The van der Waals surface area contributed by atoms with Crippen molar-refractivity contribution < 1.29 is 9.21 Å². The molecule has 0 saturated carbocycles. The van der Waals surface area contributed by atoms with Crippen molar-refractivity contribution in [1.82, 2.24) is 0 Å². The smallest absolute Gasteiger partial charge is 0.287 e. The number of halogens is 2. The Bertz CT molecular complexity index is 505. The fourth-order valence-corrected chi connectivity index (χ4v) is 1.83. The number of hydrogen-bond acceptors (Lipinski definition) is 2. The molecule has 1 aromatic heterocycles. The van der Waals surface area contributed by atoms with Crippen LogP contribution in [0.1, 0.15) is 10.6 Å². The second-order valence-corrected chi connectivity index (χ2v) is 4.12. The molecule has 0 bridgehead atoms. The molecule has 0 radical (unpaired) electrons. The van der Waals surface area contributed by atoms with E-state index >= 15 is 0 Å². The van der Waals surface area contributed by atoms with Gasteiger partial charge in [-0.15, -0.1) is 0 Å². The maximum Gasteiger partial charge on any atom is 0.287 e. The van der Waals surface area contributed by atoms with Crippen LogP contribution in [0, 0.1) is 0 Å². The lowest BCUT2D eigenvalue weighted by Gasteiger charge is -1.99. The van der Waals surface area contributed by atoms with Crippen LogP contribution in [0.15, 0.2) is 45.3 Å². The summed E-state index contributed by atoms with van der Waals surface area (Å²) in [5, 5.41) is -0.590. The summed E-state index contributed by atoms with van der Waals surface area (Å²) in [5.74, 6) is 0.772. The average molecular weight is 286 g/mol. The van der Waals surface area contributed by atoms with Gasteiger partial charge in [0.25, 0.3) is 5.24 Å². The predicted octanol–water partition coefficient (Wildman–Crippen LogP) is 4.09. The zero-order valence-corrected chi connectivity index (χ0v) is 9.88. The number of hydrogen-bond donors (Lipinski definition) is 0. The van der Waals surface area contributed by atoms with E-state index in [4.69, 9.17) is 16.0 Å². The summed E-state index contributed by atoms with van der Waals surface area (Å²) < 4.78 is 6.21. The fraction of sp³-hybridized carbons (Fsp3) is 0. The molecule has 0 atom stereocenters. The van der Waals surface area contributed by atoms with Crippen LogP contribution >= 0.6 is 27.5 Å². The van der Waals surface area contributed by atoms with Gasteiger partial charge in [0.1, 0.15) is 5.76 Å². The van der Waals surface area contributed by atoms with Gasteiger partial charge < -0.3 is 4.42 Å². The number of rotatable bonds is 2. The van der Waals surface area contributed by atoms with Crippen LogP contribution in [0.2, 0.25) is 0 Å². The highest BCUT2D eigenvalue weighted by molar-refractivity contribution is 9.10. The minimum atomic E-state index is -0.590. The molecule has 0 spiro atoms. The van der Waals surface area contributed by atoms with Crippen molar-refractivity contribution in [1.29, 1.82) is 0 Å². The second kappa shape index (κ2) is 4.21. The molecule has 2 aromatic rings. The molecule has 0 fully saturated rings. The molecule has 0 saturated heterocycles. The number of carbonyl (C=O) groups is 1. The minimum Gasteiger partial charge on any atom is -0.452 e. The Balaban J connectivity index is 2.46. The first-order valence-corrected chi connectivity index (χ1v) is 5.40. The van der Waals surface area contributed by atoms with Gasteiger partial charge in [0.15, 0.2) is 5.76 Å². The monoisotopic (exact) mass is 284 g/mol. The first-order chi connectivity index (χ1) is 7.18. The summed E-state index contributed by atoms with van der Waals surface area (Å²) in [5.41, 5.74) is 0.890. The third-order valence-electron chi connectivity index (χ3n) is 1.94. The van der Waals surface area contributed by atoms with E-state index < -0.39 is 5.24 Å². The van der Waals surface area contributed by atoms with Crippen molar-refractivity contribution >= 4 is 32.8 Å².